The van der Waals surface area contributed by atoms with E-state index < -0.39 is 0 Å². The maximum absolute atomic E-state index is 7.28. The monoisotopic (exact) mass is 808 g/mol. The third-order valence-electron chi connectivity index (χ3n) is 12.7. The topological polar surface area (TPSA) is 48.8 Å². The minimum atomic E-state index is 0.616. The summed E-state index contributed by atoms with van der Waals surface area (Å²) in [7, 11) is 0. The molecule has 0 saturated carbocycles. The van der Waals surface area contributed by atoms with Crippen LogP contribution in [0.5, 0.6) is 0 Å². The van der Waals surface area contributed by atoms with Gasteiger partial charge in [-0.1, -0.05) is 152 Å². The molecule has 0 aliphatic rings. The Hall–Kier alpha value is -8.06. The molecule has 0 aliphatic carbocycles. The van der Waals surface area contributed by atoms with Crippen LogP contribution in [0.25, 0.3) is 131 Å². The molecule has 14 aromatic rings. The molecule has 0 saturated heterocycles. The molecule has 0 atom stereocenters. The molecule has 6 heteroatoms. The number of rotatable bonds is 4. The number of fused-ring (bicyclic) bond motifs is 15. The number of thiophene rings is 1. The van der Waals surface area contributed by atoms with E-state index >= 15 is 0 Å². The Bertz CT molecular complexity index is 4160. The summed E-state index contributed by atoms with van der Waals surface area (Å²) in [4.78, 5) is 10.9. The number of furan rings is 1. The zero-order valence-electron chi connectivity index (χ0n) is 33.1. The Morgan fingerprint density at radius 2 is 1.03 bits per heavy atom. The summed E-state index contributed by atoms with van der Waals surface area (Å²) >= 11 is 1.75. The van der Waals surface area contributed by atoms with Crippen LogP contribution in [0, 0.1) is 0 Å². The first-order valence-corrected chi connectivity index (χ1v) is 21.7. The van der Waals surface area contributed by atoms with Crippen molar-refractivity contribution in [1.82, 2.24) is 19.1 Å². The molecule has 5 aromatic heterocycles. The van der Waals surface area contributed by atoms with Crippen molar-refractivity contribution < 1.29 is 4.42 Å². The molecule has 0 unspecified atom stereocenters. The molecular formula is C56H32N4OS. The first-order chi connectivity index (χ1) is 30.8. The van der Waals surface area contributed by atoms with Crippen LogP contribution < -0.4 is 0 Å². The highest BCUT2D eigenvalue weighted by Gasteiger charge is 2.25. The maximum Gasteiger partial charge on any atom is 0.236 e. The zero-order chi connectivity index (χ0) is 40.5. The van der Waals surface area contributed by atoms with E-state index in [0.29, 0.717) is 5.95 Å². The van der Waals surface area contributed by atoms with Crippen LogP contribution in [0.1, 0.15) is 0 Å². The molecule has 5 heterocycles. The van der Waals surface area contributed by atoms with Gasteiger partial charge in [0, 0.05) is 59.4 Å². The van der Waals surface area contributed by atoms with Crippen LogP contribution in [0.2, 0.25) is 0 Å². The molecule has 5 nitrogen and oxygen atoms in total. The Balaban J connectivity index is 1.08. The number of nitrogens with zero attached hydrogens (tertiary/aromatic N) is 4. The first-order valence-electron chi connectivity index (χ1n) is 20.9. The second-order valence-corrected chi connectivity index (χ2v) is 17.1. The van der Waals surface area contributed by atoms with E-state index in [0.717, 1.165) is 98.1 Å². The molecule has 14 rings (SSSR count). The lowest BCUT2D eigenvalue weighted by Gasteiger charge is -2.13. The molecule has 0 bridgehead atoms. The average molecular weight is 809 g/mol. The Morgan fingerprint density at radius 3 is 1.82 bits per heavy atom. The van der Waals surface area contributed by atoms with Gasteiger partial charge in [0.1, 0.15) is 11.1 Å². The minimum absolute atomic E-state index is 0.616. The quantitative estimate of drug-likeness (QED) is 0.178. The largest absolute Gasteiger partial charge is 0.454 e. The van der Waals surface area contributed by atoms with Crippen LogP contribution in [-0.2, 0) is 0 Å². The number of aromatic nitrogens is 4. The maximum atomic E-state index is 7.28. The highest BCUT2D eigenvalue weighted by molar-refractivity contribution is 7.26. The highest BCUT2D eigenvalue weighted by Crippen LogP contribution is 2.46. The molecule has 0 spiro atoms. The SMILES string of the molecule is c1ccc(-c2ccc3c(c2)c2ccccc2n3-c2cc3oc4c(ccc5c6ccccc6n(-c6nc(-c7ccccc7)c7sc8ccccc8c7n6)c54)c3c3ccccc23)cc1. The van der Waals surface area contributed by atoms with Gasteiger partial charge in [0.25, 0.3) is 0 Å². The van der Waals surface area contributed by atoms with E-state index in [9.17, 15) is 0 Å². The van der Waals surface area contributed by atoms with Crippen molar-refractivity contribution in [3.8, 4) is 34.0 Å². The van der Waals surface area contributed by atoms with E-state index in [1.165, 1.54) is 26.6 Å². The van der Waals surface area contributed by atoms with Gasteiger partial charge in [-0.3, -0.25) is 4.57 Å². The normalized spacial score (nSPS) is 12.2. The lowest BCUT2D eigenvalue weighted by Crippen LogP contribution is -2.02. The van der Waals surface area contributed by atoms with Crippen LogP contribution in [0.3, 0.4) is 0 Å². The molecular weight excluding hydrogens is 777 g/mol. The number of hydrogen-bond acceptors (Lipinski definition) is 4. The summed E-state index contributed by atoms with van der Waals surface area (Å²) in [6.07, 6.45) is 0. The number of benzene rings is 9. The summed E-state index contributed by atoms with van der Waals surface area (Å²) in [5.41, 5.74) is 12.3. The fourth-order valence-corrected chi connectivity index (χ4v) is 11.2. The van der Waals surface area contributed by atoms with Gasteiger partial charge in [-0.05, 0) is 52.9 Å². The predicted molar refractivity (Wildman–Crippen MR) is 259 cm³/mol. The molecule has 62 heavy (non-hydrogen) atoms. The van der Waals surface area contributed by atoms with Crippen LogP contribution in [-0.4, -0.2) is 19.1 Å². The van der Waals surface area contributed by atoms with Crippen molar-refractivity contribution in [2.75, 3.05) is 0 Å². The van der Waals surface area contributed by atoms with Crippen molar-refractivity contribution in [3.05, 3.63) is 194 Å². The fourth-order valence-electron chi connectivity index (χ4n) is 10.0. The van der Waals surface area contributed by atoms with Crippen LogP contribution in [0.15, 0.2) is 199 Å². The van der Waals surface area contributed by atoms with E-state index in [1.54, 1.807) is 11.3 Å². The number of hydrogen-bond donors (Lipinski definition) is 0. The van der Waals surface area contributed by atoms with Gasteiger partial charge in [0.05, 0.1) is 38.1 Å². The first kappa shape index (κ1) is 33.7. The standard InChI is InChI=1S/C56H32N4OS/c1-3-15-33(16-4-1)35-27-30-46-43(31-35)38-21-10-12-24-44(38)59(46)47-32-48-50(39-22-8-7-19-36(39)47)42-29-28-40-37-20-9-13-25-45(37)60(53(40)54(42)61-48)56-57-51(34-17-5-2-6-18-34)55-52(58-56)41-23-11-14-26-49(41)62-55/h1-32H. The summed E-state index contributed by atoms with van der Waals surface area (Å²) in [6, 6.07) is 69.3. The van der Waals surface area contributed by atoms with Gasteiger partial charge in [0.2, 0.25) is 5.95 Å². The number of para-hydroxylation sites is 2. The lowest BCUT2D eigenvalue weighted by atomic mass is 10.0. The third kappa shape index (κ3) is 4.67. The van der Waals surface area contributed by atoms with Crippen molar-refractivity contribution in [1.29, 1.82) is 0 Å². The molecule has 9 aromatic carbocycles. The second kappa shape index (κ2) is 12.7. The van der Waals surface area contributed by atoms with Gasteiger partial charge in [-0.2, -0.15) is 0 Å². The summed E-state index contributed by atoms with van der Waals surface area (Å²) in [5.74, 6) is 0.616. The van der Waals surface area contributed by atoms with Crippen molar-refractivity contribution in [3.63, 3.8) is 0 Å². The summed E-state index contributed by atoms with van der Waals surface area (Å²) in [6.45, 7) is 0. The van der Waals surface area contributed by atoms with Crippen LogP contribution >= 0.6 is 11.3 Å². The fraction of sp³-hybridized carbons (Fsp3) is 0. The van der Waals surface area contributed by atoms with Crippen molar-refractivity contribution in [2.45, 2.75) is 0 Å². The Kier molecular flexibility index (Phi) is 6.92. The zero-order valence-corrected chi connectivity index (χ0v) is 33.9. The van der Waals surface area contributed by atoms with Gasteiger partial charge in [-0.15, -0.1) is 11.3 Å². The average Bonchev–Trinajstić information content (AvgIpc) is 4.09. The Labute approximate surface area is 358 Å². The molecule has 0 fully saturated rings. The minimum Gasteiger partial charge on any atom is -0.454 e. The lowest BCUT2D eigenvalue weighted by molar-refractivity contribution is 0.671. The molecule has 0 radical (unpaired) electrons. The highest BCUT2D eigenvalue weighted by atomic mass is 32.1. The predicted octanol–water partition coefficient (Wildman–Crippen LogP) is 15.4. The van der Waals surface area contributed by atoms with E-state index in [2.05, 4.69) is 203 Å². The molecule has 0 amide bonds. The third-order valence-corrected chi connectivity index (χ3v) is 13.9. The molecule has 288 valence electrons. The van der Waals surface area contributed by atoms with E-state index in [1.807, 2.05) is 0 Å². The molecule has 0 aliphatic heterocycles. The van der Waals surface area contributed by atoms with Gasteiger partial charge in [0.15, 0.2) is 5.58 Å². The van der Waals surface area contributed by atoms with Gasteiger partial charge in [-0.25, -0.2) is 9.97 Å². The summed E-state index contributed by atoms with van der Waals surface area (Å²) in [5, 5.41) is 10.2. The Morgan fingerprint density at radius 1 is 0.419 bits per heavy atom. The van der Waals surface area contributed by atoms with Crippen LogP contribution in [0.4, 0.5) is 0 Å². The van der Waals surface area contributed by atoms with Gasteiger partial charge >= 0.3 is 0 Å². The molecule has 0 N–H and O–H groups in total. The smallest absolute Gasteiger partial charge is 0.236 e. The second-order valence-electron chi connectivity index (χ2n) is 16.1. The summed E-state index contributed by atoms with van der Waals surface area (Å²) < 4.78 is 14.2. The van der Waals surface area contributed by atoms with E-state index in [4.69, 9.17) is 14.4 Å². The van der Waals surface area contributed by atoms with Gasteiger partial charge < -0.3 is 8.98 Å². The van der Waals surface area contributed by atoms with Crippen molar-refractivity contribution in [2.24, 2.45) is 0 Å². The van der Waals surface area contributed by atoms with E-state index in [-0.39, 0.29) is 0 Å². The van der Waals surface area contributed by atoms with Crippen molar-refractivity contribution >= 4 is 108 Å².